The highest BCUT2D eigenvalue weighted by Gasteiger charge is 2.18. The summed E-state index contributed by atoms with van der Waals surface area (Å²) in [6.07, 6.45) is 0.464. The van der Waals surface area contributed by atoms with Gasteiger partial charge in [-0.25, -0.2) is 0 Å². The number of nitrogens with one attached hydrogen (secondary N) is 1. The second-order valence-electron chi connectivity index (χ2n) is 4.19. The van der Waals surface area contributed by atoms with Crippen LogP contribution < -0.4 is 5.32 Å². The molecule has 0 aliphatic carbocycles. The van der Waals surface area contributed by atoms with Gasteiger partial charge in [0.05, 0.1) is 5.75 Å². The summed E-state index contributed by atoms with van der Waals surface area (Å²) in [6, 6.07) is 0.0395. The summed E-state index contributed by atoms with van der Waals surface area (Å²) < 4.78 is 5.22. The second-order valence-corrected chi connectivity index (χ2v) is 5.39. The first-order chi connectivity index (χ1) is 8.93. The molecule has 1 amide bonds. The van der Waals surface area contributed by atoms with Crippen molar-refractivity contribution in [3.63, 3.8) is 0 Å². The quantitative estimate of drug-likeness (QED) is 0.786. The molecule has 0 aliphatic rings. The van der Waals surface area contributed by atoms with E-state index >= 15 is 0 Å². The zero-order valence-electron chi connectivity index (χ0n) is 11.0. The molecule has 1 atom stereocenters. The van der Waals surface area contributed by atoms with Crippen molar-refractivity contribution < 1.29 is 19.1 Å². The number of carboxylic acids is 1. The van der Waals surface area contributed by atoms with E-state index in [-0.39, 0.29) is 23.6 Å². The minimum atomic E-state index is -0.916. The Balaban J connectivity index is 2.44. The smallest absolute Gasteiger partial charge is 0.322 e. The Kier molecular flexibility index (Phi) is 5.81. The first-order valence-electron chi connectivity index (χ1n) is 5.91. The minimum absolute atomic E-state index is 0.0319. The van der Waals surface area contributed by atoms with Gasteiger partial charge in [-0.15, -0.1) is 16.9 Å². The van der Waals surface area contributed by atoms with Crippen LogP contribution in [0.1, 0.15) is 39.0 Å². The molecule has 0 saturated heterocycles. The Labute approximate surface area is 115 Å². The van der Waals surface area contributed by atoms with Crippen molar-refractivity contribution in [2.24, 2.45) is 0 Å². The molecule has 0 saturated carbocycles. The molecule has 8 heteroatoms. The van der Waals surface area contributed by atoms with Crippen molar-refractivity contribution >= 4 is 29.7 Å². The molecule has 0 spiro atoms. The summed E-state index contributed by atoms with van der Waals surface area (Å²) in [5.74, 6) is -0.711. The number of carbonyl (C=O) groups is 2. The molecular weight excluding hydrogens is 270 g/mol. The van der Waals surface area contributed by atoms with Crippen molar-refractivity contribution in [3.05, 3.63) is 5.89 Å². The first kappa shape index (κ1) is 15.5. The molecule has 0 aliphatic heterocycles. The molecule has 0 radical (unpaired) electrons. The number of nitrogens with zero attached hydrogens (tertiary/aromatic N) is 2. The maximum absolute atomic E-state index is 11.6. The number of anilines is 1. The van der Waals surface area contributed by atoms with Crippen molar-refractivity contribution in [1.82, 2.24) is 10.2 Å². The number of thioether (sulfide) groups is 1. The van der Waals surface area contributed by atoms with Crippen LogP contribution in [0.15, 0.2) is 4.42 Å². The lowest BCUT2D eigenvalue weighted by atomic mass is 10.2. The van der Waals surface area contributed by atoms with Crippen LogP contribution in [0.3, 0.4) is 0 Å². The molecule has 19 heavy (non-hydrogen) atoms. The number of hydrogen-bond donors (Lipinski definition) is 2. The predicted molar refractivity (Wildman–Crippen MR) is 71.2 cm³/mol. The Bertz CT molecular complexity index is 447. The number of carboxylic acid groups (broad SMARTS) is 1. The van der Waals surface area contributed by atoms with E-state index in [1.54, 1.807) is 6.92 Å². The monoisotopic (exact) mass is 287 g/mol. The van der Waals surface area contributed by atoms with E-state index in [0.717, 1.165) is 11.8 Å². The summed E-state index contributed by atoms with van der Waals surface area (Å²) >= 11 is 1.07. The van der Waals surface area contributed by atoms with Crippen LogP contribution in [0.5, 0.6) is 0 Å². The van der Waals surface area contributed by atoms with E-state index in [9.17, 15) is 9.59 Å². The van der Waals surface area contributed by atoms with Gasteiger partial charge in [-0.3, -0.25) is 14.9 Å². The average molecular weight is 287 g/mol. The van der Waals surface area contributed by atoms with Gasteiger partial charge in [-0.1, -0.05) is 25.9 Å². The average Bonchev–Trinajstić information content (AvgIpc) is 2.78. The molecule has 0 aromatic carbocycles. The Morgan fingerprint density at radius 1 is 1.42 bits per heavy atom. The lowest BCUT2D eigenvalue weighted by Gasteiger charge is -2.08. The van der Waals surface area contributed by atoms with Crippen molar-refractivity contribution in [2.75, 3.05) is 11.1 Å². The van der Waals surface area contributed by atoms with E-state index in [1.807, 2.05) is 13.8 Å². The third kappa shape index (κ3) is 4.90. The molecule has 1 heterocycles. The predicted octanol–water partition coefficient (Wildman–Crippen LogP) is 1.73. The van der Waals surface area contributed by atoms with Crippen LogP contribution in [-0.2, 0) is 9.59 Å². The molecule has 2 N–H and O–H groups in total. The fraction of sp³-hybridized carbons (Fsp3) is 0.636. The molecule has 106 valence electrons. The zero-order valence-corrected chi connectivity index (χ0v) is 11.9. The fourth-order valence-electron chi connectivity index (χ4n) is 1.21. The molecule has 0 bridgehead atoms. The number of aliphatic carboxylic acids is 1. The van der Waals surface area contributed by atoms with E-state index in [2.05, 4.69) is 15.5 Å². The van der Waals surface area contributed by atoms with Gasteiger partial charge in [0.25, 0.3) is 0 Å². The van der Waals surface area contributed by atoms with Gasteiger partial charge in [0.1, 0.15) is 5.25 Å². The molecule has 1 aromatic heterocycles. The van der Waals surface area contributed by atoms with E-state index in [1.165, 1.54) is 0 Å². The summed E-state index contributed by atoms with van der Waals surface area (Å²) in [6.45, 7) is 5.55. The van der Waals surface area contributed by atoms with Gasteiger partial charge in [-0.2, -0.15) is 0 Å². The number of carbonyl (C=O) groups excluding carboxylic acids is 1. The highest BCUT2D eigenvalue weighted by molar-refractivity contribution is 8.01. The van der Waals surface area contributed by atoms with Crippen LogP contribution in [-0.4, -0.2) is 38.2 Å². The van der Waals surface area contributed by atoms with Crippen LogP contribution in [0.2, 0.25) is 0 Å². The summed E-state index contributed by atoms with van der Waals surface area (Å²) in [7, 11) is 0. The summed E-state index contributed by atoms with van der Waals surface area (Å²) in [5.41, 5.74) is 0. The third-order valence-electron chi connectivity index (χ3n) is 2.24. The van der Waals surface area contributed by atoms with Crippen LogP contribution in [0, 0.1) is 0 Å². The van der Waals surface area contributed by atoms with Crippen LogP contribution in [0.25, 0.3) is 0 Å². The highest BCUT2D eigenvalue weighted by Crippen LogP contribution is 2.17. The van der Waals surface area contributed by atoms with Crippen LogP contribution in [0.4, 0.5) is 6.01 Å². The normalized spacial score (nSPS) is 12.4. The molecule has 7 nitrogen and oxygen atoms in total. The van der Waals surface area contributed by atoms with Crippen molar-refractivity contribution in [2.45, 2.75) is 38.4 Å². The van der Waals surface area contributed by atoms with Crippen LogP contribution >= 0.6 is 11.8 Å². The Hall–Kier alpha value is -1.57. The lowest BCUT2D eigenvalue weighted by Crippen LogP contribution is -2.21. The zero-order chi connectivity index (χ0) is 14.4. The molecule has 0 fully saturated rings. The maximum Gasteiger partial charge on any atom is 0.322 e. The Morgan fingerprint density at radius 3 is 2.58 bits per heavy atom. The van der Waals surface area contributed by atoms with Gasteiger partial charge < -0.3 is 9.52 Å². The molecule has 1 unspecified atom stereocenters. The highest BCUT2D eigenvalue weighted by atomic mass is 32.2. The van der Waals surface area contributed by atoms with Gasteiger partial charge in [0, 0.05) is 5.92 Å². The van der Waals surface area contributed by atoms with Crippen molar-refractivity contribution in [1.29, 1.82) is 0 Å². The molecule has 1 aromatic rings. The Morgan fingerprint density at radius 2 is 2.11 bits per heavy atom. The standard InChI is InChI=1S/C11H17N3O4S/c1-4-7(10(16)17)19-5-8(15)12-11-14-13-9(18-11)6(2)3/h6-7H,4-5H2,1-3H3,(H,16,17)(H,12,14,15). The topological polar surface area (TPSA) is 105 Å². The van der Waals surface area contributed by atoms with E-state index in [0.29, 0.717) is 12.3 Å². The third-order valence-corrected chi connectivity index (χ3v) is 3.61. The molecule has 1 rings (SSSR count). The van der Waals surface area contributed by atoms with Gasteiger partial charge in [0.2, 0.25) is 11.8 Å². The van der Waals surface area contributed by atoms with E-state index in [4.69, 9.17) is 9.52 Å². The van der Waals surface area contributed by atoms with E-state index < -0.39 is 11.2 Å². The first-order valence-corrected chi connectivity index (χ1v) is 6.96. The fourth-order valence-corrected chi connectivity index (χ4v) is 2.02. The largest absolute Gasteiger partial charge is 0.480 e. The number of rotatable bonds is 7. The minimum Gasteiger partial charge on any atom is -0.480 e. The number of aromatic nitrogens is 2. The van der Waals surface area contributed by atoms with Gasteiger partial charge >= 0.3 is 12.0 Å². The lowest BCUT2D eigenvalue weighted by molar-refractivity contribution is -0.136. The summed E-state index contributed by atoms with van der Waals surface area (Å²) in [5, 5.41) is 18.2. The van der Waals surface area contributed by atoms with Gasteiger partial charge in [-0.05, 0) is 6.42 Å². The van der Waals surface area contributed by atoms with Gasteiger partial charge in [0.15, 0.2) is 0 Å². The summed E-state index contributed by atoms with van der Waals surface area (Å²) in [4.78, 5) is 22.4. The number of hydrogen-bond acceptors (Lipinski definition) is 6. The number of amides is 1. The SMILES string of the molecule is CCC(SCC(=O)Nc1nnc(C(C)C)o1)C(=O)O. The molecular formula is C11H17N3O4S. The maximum atomic E-state index is 11.6. The van der Waals surface area contributed by atoms with Crippen molar-refractivity contribution in [3.8, 4) is 0 Å². The second kappa shape index (κ2) is 7.13.